The van der Waals surface area contributed by atoms with E-state index in [9.17, 15) is 31.1 Å². The Labute approximate surface area is 119 Å². The molecule has 0 amide bonds. The molecule has 1 aliphatic heterocycles. The van der Waals surface area contributed by atoms with Gasteiger partial charge in [-0.25, -0.2) is 0 Å². The number of carbonyl (C=O) groups excluding carboxylic acids is 1. The van der Waals surface area contributed by atoms with Gasteiger partial charge >= 0.3 is 12.4 Å². The zero-order valence-corrected chi connectivity index (χ0v) is 10.9. The average Bonchev–Trinajstić information content (AvgIpc) is 2.71. The van der Waals surface area contributed by atoms with Crippen molar-refractivity contribution >= 4 is 17.4 Å². The van der Waals surface area contributed by atoms with E-state index in [1.807, 2.05) is 0 Å². The molecule has 0 N–H and O–H groups in total. The summed E-state index contributed by atoms with van der Waals surface area (Å²) in [6, 6.07) is 2.11. The second-order valence-corrected chi connectivity index (χ2v) is 4.86. The van der Waals surface area contributed by atoms with Crippen LogP contribution >= 0.6 is 11.6 Å². The van der Waals surface area contributed by atoms with Gasteiger partial charge < -0.3 is 4.74 Å². The fourth-order valence-electron chi connectivity index (χ4n) is 2.09. The lowest BCUT2D eigenvalue weighted by Crippen LogP contribution is -2.42. The summed E-state index contributed by atoms with van der Waals surface area (Å²) in [6.45, 7) is 0.0681. The molecule has 1 aromatic rings. The molecule has 2 nitrogen and oxygen atoms in total. The molecule has 0 radical (unpaired) electrons. The van der Waals surface area contributed by atoms with Crippen LogP contribution in [0.15, 0.2) is 12.1 Å². The summed E-state index contributed by atoms with van der Waals surface area (Å²) < 4.78 is 80.5. The Balaban J connectivity index is 2.53. The third kappa shape index (κ3) is 3.09. The van der Waals surface area contributed by atoms with Crippen molar-refractivity contribution < 1.29 is 35.9 Å². The van der Waals surface area contributed by atoms with Crippen molar-refractivity contribution in [1.82, 2.24) is 0 Å². The van der Waals surface area contributed by atoms with Crippen LogP contribution in [0.3, 0.4) is 0 Å². The number of rotatable bonds is 2. The van der Waals surface area contributed by atoms with Crippen LogP contribution in [0, 0.1) is 5.92 Å². The summed E-state index contributed by atoms with van der Waals surface area (Å²) in [5, 5.41) is -0.120. The molecule has 9 heteroatoms. The second kappa shape index (κ2) is 5.08. The summed E-state index contributed by atoms with van der Waals surface area (Å²) in [5.41, 5.74) is -0.483. The Morgan fingerprint density at radius 2 is 1.71 bits per heavy atom. The minimum atomic E-state index is -5.75. The van der Waals surface area contributed by atoms with E-state index in [4.69, 9.17) is 16.3 Å². The Morgan fingerprint density at radius 3 is 2.24 bits per heavy atom. The summed E-state index contributed by atoms with van der Waals surface area (Å²) >= 11 is 5.64. The molecule has 2 rings (SSSR count). The predicted molar refractivity (Wildman–Crippen MR) is 60.6 cm³/mol. The normalized spacial score (nSPS) is 15.0. The van der Waals surface area contributed by atoms with Gasteiger partial charge in [0, 0.05) is 11.4 Å². The van der Waals surface area contributed by atoms with Gasteiger partial charge in [0.25, 0.3) is 0 Å². The maximum absolute atomic E-state index is 12.6. The molecular formula is C12H7ClF6O2. The van der Waals surface area contributed by atoms with Crippen molar-refractivity contribution in [2.24, 2.45) is 5.92 Å². The van der Waals surface area contributed by atoms with Crippen LogP contribution in [0.1, 0.15) is 15.9 Å². The first-order valence-electron chi connectivity index (χ1n) is 5.64. The Kier molecular flexibility index (Phi) is 3.86. The quantitative estimate of drug-likeness (QED) is 0.599. The first-order chi connectivity index (χ1) is 9.51. The molecule has 0 unspecified atom stereocenters. The van der Waals surface area contributed by atoms with Crippen molar-refractivity contribution in [3.63, 3.8) is 0 Å². The van der Waals surface area contributed by atoms with Gasteiger partial charge in [-0.1, -0.05) is 11.6 Å². The standard InChI is InChI=1S/C12H7ClF6O2/c13-6-3-5-1-2-21-9(5)7(4-6)8(20)10(11(14,15)16)12(17,18)19/h3-4,10H,1-2H2. The topological polar surface area (TPSA) is 26.3 Å². The van der Waals surface area contributed by atoms with Gasteiger partial charge in [-0.05, 0) is 17.7 Å². The Hall–Kier alpha value is -1.44. The summed E-state index contributed by atoms with van der Waals surface area (Å²) in [6.07, 6.45) is -11.2. The van der Waals surface area contributed by atoms with E-state index in [2.05, 4.69) is 0 Å². The number of ether oxygens (including phenoxy) is 1. The van der Waals surface area contributed by atoms with Crippen LogP contribution in [0.4, 0.5) is 26.3 Å². The van der Waals surface area contributed by atoms with Crippen LogP contribution in [-0.2, 0) is 6.42 Å². The zero-order valence-electron chi connectivity index (χ0n) is 10.1. The van der Waals surface area contributed by atoms with E-state index in [1.54, 1.807) is 0 Å². The third-order valence-electron chi connectivity index (χ3n) is 2.93. The molecule has 21 heavy (non-hydrogen) atoms. The summed E-state index contributed by atoms with van der Waals surface area (Å²) in [5.74, 6) is -6.48. The molecule has 0 saturated carbocycles. The molecule has 0 spiro atoms. The molecule has 1 heterocycles. The summed E-state index contributed by atoms with van der Waals surface area (Å²) in [7, 11) is 0. The van der Waals surface area contributed by atoms with Crippen molar-refractivity contribution in [2.45, 2.75) is 18.8 Å². The highest BCUT2D eigenvalue weighted by molar-refractivity contribution is 6.31. The lowest BCUT2D eigenvalue weighted by atomic mass is 9.94. The van der Waals surface area contributed by atoms with E-state index in [-0.39, 0.29) is 23.8 Å². The highest BCUT2D eigenvalue weighted by atomic mass is 35.5. The van der Waals surface area contributed by atoms with E-state index in [0.717, 1.165) is 6.07 Å². The first kappa shape index (κ1) is 15.9. The minimum Gasteiger partial charge on any atom is -0.492 e. The van der Waals surface area contributed by atoms with Crippen molar-refractivity contribution in [3.05, 3.63) is 28.3 Å². The number of fused-ring (bicyclic) bond motifs is 1. The Morgan fingerprint density at radius 1 is 1.14 bits per heavy atom. The highest BCUT2D eigenvalue weighted by Gasteiger charge is 2.61. The third-order valence-corrected chi connectivity index (χ3v) is 3.15. The van der Waals surface area contributed by atoms with Crippen LogP contribution in [0.5, 0.6) is 5.75 Å². The number of halogens is 7. The van der Waals surface area contributed by atoms with Crippen LogP contribution < -0.4 is 4.74 Å². The molecule has 1 aliphatic rings. The van der Waals surface area contributed by atoms with Gasteiger partial charge in [-0.15, -0.1) is 0 Å². The van der Waals surface area contributed by atoms with Crippen LogP contribution in [0.2, 0.25) is 5.02 Å². The van der Waals surface area contributed by atoms with Gasteiger partial charge in [-0.2, -0.15) is 26.3 Å². The average molecular weight is 333 g/mol. The fraction of sp³-hybridized carbons (Fsp3) is 0.417. The molecule has 0 aliphatic carbocycles. The summed E-state index contributed by atoms with van der Waals surface area (Å²) in [4.78, 5) is 11.8. The number of hydrogen-bond donors (Lipinski definition) is 0. The van der Waals surface area contributed by atoms with Crippen LogP contribution in [0.25, 0.3) is 0 Å². The first-order valence-corrected chi connectivity index (χ1v) is 6.02. The van der Waals surface area contributed by atoms with E-state index in [1.165, 1.54) is 6.07 Å². The van der Waals surface area contributed by atoms with Gasteiger partial charge in [-0.3, -0.25) is 4.79 Å². The van der Waals surface area contributed by atoms with Gasteiger partial charge in [0.1, 0.15) is 5.75 Å². The molecule has 0 saturated heterocycles. The number of hydrogen-bond acceptors (Lipinski definition) is 2. The van der Waals surface area contributed by atoms with E-state index in [0.29, 0.717) is 5.56 Å². The Bertz CT molecular complexity index is 564. The van der Waals surface area contributed by atoms with Crippen molar-refractivity contribution in [2.75, 3.05) is 6.61 Å². The van der Waals surface area contributed by atoms with E-state index < -0.39 is 29.6 Å². The maximum atomic E-state index is 12.6. The van der Waals surface area contributed by atoms with E-state index >= 15 is 0 Å². The molecule has 0 atom stereocenters. The monoisotopic (exact) mass is 332 g/mol. The molecule has 0 aromatic heterocycles. The predicted octanol–water partition coefficient (Wildman–Crippen LogP) is 4.20. The number of benzene rings is 1. The molecule has 0 bridgehead atoms. The number of ketones is 1. The fourth-order valence-corrected chi connectivity index (χ4v) is 2.33. The molecule has 1 aromatic carbocycles. The number of alkyl halides is 6. The number of Topliss-reactive ketones (excluding diaryl/α,β-unsaturated/α-hetero) is 1. The smallest absolute Gasteiger partial charge is 0.407 e. The second-order valence-electron chi connectivity index (χ2n) is 4.42. The minimum absolute atomic E-state index is 0.0681. The lowest BCUT2D eigenvalue weighted by Gasteiger charge is -2.22. The molecular weight excluding hydrogens is 326 g/mol. The van der Waals surface area contributed by atoms with Gasteiger partial charge in [0.15, 0.2) is 5.78 Å². The SMILES string of the molecule is O=C(c1cc(Cl)cc2c1OCC2)C(C(F)(F)F)C(F)(F)F. The maximum Gasteiger partial charge on any atom is 0.407 e. The molecule has 0 fully saturated rings. The van der Waals surface area contributed by atoms with Crippen LogP contribution in [-0.4, -0.2) is 24.7 Å². The van der Waals surface area contributed by atoms with Gasteiger partial charge in [0.05, 0.1) is 12.2 Å². The largest absolute Gasteiger partial charge is 0.492 e. The van der Waals surface area contributed by atoms with Crippen molar-refractivity contribution in [1.29, 1.82) is 0 Å². The van der Waals surface area contributed by atoms with Crippen molar-refractivity contribution in [3.8, 4) is 5.75 Å². The molecule has 116 valence electrons. The highest BCUT2D eigenvalue weighted by Crippen LogP contribution is 2.44. The van der Waals surface area contributed by atoms with Gasteiger partial charge in [0.2, 0.25) is 5.92 Å². The zero-order chi connectivity index (χ0) is 16.0. The number of carbonyl (C=O) groups is 1. The lowest BCUT2D eigenvalue weighted by molar-refractivity contribution is -0.264.